The van der Waals surface area contributed by atoms with Crippen molar-refractivity contribution in [2.24, 2.45) is 11.3 Å². The van der Waals surface area contributed by atoms with Crippen molar-refractivity contribution in [3.05, 3.63) is 29.8 Å². The van der Waals surface area contributed by atoms with Crippen LogP contribution in [0.2, 0.25) is 0 Å². The number of anilines is 1. The maximum absolute atomic E-state index is 12.8. The third kappa shape index (κ3) is 5.02. The summed E-state index contributed by atoms with van der Waals surface area (Å²) < 4.78 is 0. The van der Waals surface area contributed by atoms with Crippen molar-refractivity contribution in [3.8, 4) is 0 Å². The van der Waals surface area contributed by atoms with Gasteiger partial charge in [0, 0.05) is 18.8 Å². The van der Waals surface area contributed by atoms with Crippen molar-refractivity contribution in [2.75, 3.05) is 31.1 Å². The highest BCUT2D eigenvalue weighted by atomic mass is 35.5. The molecule has 0 saturated carbocycles. The van der Waals surface area contributed by atoms with E-state index >= 15 is 0 Å². The molecule has 5 nitrogen and oxygen atoms in total. The fraction of sp³-hybridized carbons (Fsp3) is 0.619. The molecule has 2 aliphatic heterocycles. The Balaban J connectivity index is 0.00000261. The van der Waals surface area contributed by atoms with Gasteiger partial charge in [-0.1, -0.05) is 32.9 Å². The molecular formula is C21H32ClN3O2. The van der Waals surface area contributed by atoms with Gasteiger partial charge in [0.2, 0.25) is 11.8 Å². The standard InChI is InChI=1S/C21H31N3O2.ClH/c1-15(2)16-4-6-17(7-5-16)24-13-8-18(20(24)26)19(25)23-14-21(3)9-11-22-12-10-21;/h4-7,15,18,22H,8-14H2,1-3H3,(H,23,25);1H. The monoisotopic (exact) mass is 393 g/mol. The first-order valence-electron chi connectivity index (χ1n) is 9.79. The van der Waals surface area contributed by atoms with Crippen LogP contribution >= 0.6 is 12.4 Å². The van der Waals surface area contributed by atoms with Gasteiger partial charge in [-0.2, -0.15) is 0 Å². The van der Waals surface area contributed by atoms with Crippen LogP contribution in [0, 0.1) is 11.3 Å². The minimum absolute atomic E-state index is 0. The Morgan fingerprint density at radius 1 is 1.26 bits per heavy atom. The van der Waals surface area contributed by atoms with Gasteiger partial charge in [-0.05, 0) is 61.4 Å². The van der Waals surface area contributed by atoms with Crippen LogP contribution in [0.3, 0.4) is 0 Å². The van der Waals surface area contributed by atoms with Crippen molar-refractivity contribution in [1.82, 2.24) is 10.6 Å². The zero-order chi connectivity index (χ0) is 18.7. The molecule has 2 N–H and O–H groups in total. The van der Waals surface area contributed by atoms with E-state index in [9.17, 15) is 9.59 Å². The SMILES string of the molecule is CC(C)c1ccc(N2CCC(C(=O)NCC3(C)CCNCC3)C2=O)cc1.Cl. The first kappa shape index (κ1) is 21.7. The zero-order valence-corrected chi connectivity index (χ0v) is 17.4. The van der Waals surface area contributed by atoms with Gasteiger partial charge < -0.3 is 15.5 Å². The summed E-state index contributed by atoms with van der Waals surface area (Å²) in [5.74, 6) is -0.274. The normalized spacial score (nSPS) is 21.9. The maximum atomic E-state index is 12.8. The molecule has 27 heavy (non-hydrogen) atoms. The number of hydrogen-bond donors (Lipinski definition) is 2. The number of nitrogens with one attached hydrogen (secondary N) is 2. The molecule has 0 spiro atoms. The molecule has 0 bridgehead atoms. The van der Waals surface area contributed by atoms with E-state index in [2.05, 4.69) is 43.5 Å². The third-order valence-corrected chi connectivity index (χ3v) is 5.89. The first-order valence-corrected chi connectivity index (χ1v) is 9.79. The van der Waals surface area contributed by atoms with E-state index in [0.29, 0.717) is 25.4 Å². The molecule has 2 fully saturated rings. The van der Waals surface area contributed by atoms with Gasteiger partial charge in [-0.25, -0.2) is 0 Å². The number of amides is 2. The number of carbonyl (C=O) groups is 2. The van der Waals surface area contributed by atoms with Gasteiger partial charge >= 0.3 is 0 Å². The summed E-state index contributed by atoms with van der Waals surface area (Å²) >= 11 is 0. The second-order valence-corrected chi connectivity index (χ2v) is 8.36. The van der Waals surface area contributed by atoms with E-state index in [0.717, 1.165) is 31.6 Å². The highest BCUT2D eigenvalue weighted by Gasteiger charge is 2.38. The Bertz CT molecular complexity index is 654. The average Bonchev–Trinajstić information content (AvgIpc) is 3.02. The molecule has 0 radical (unpaired) electrons. The van der Waals surface area contributed by atoms with Crippen molar-refractivity contribution in [3.63, 3.8) is 0 Å². The molecule has 3 rings (SSSR count). The molecular weight excluding hydrogens is 362 g/mol. The van der Waals surface area contributed by atoms with E-state index in [-0.39, 0.29) is 29.6 Å². The number of benzene rings is 1. The van der Waals surface area contributed by atoms with Crippen molar-refractivity contribution in [2.45, 2.75) is 46.0 Å². The molecule has 6 heteroatoms. The Kier molecular flexibility index (Phi) is 7.29. The van der Waals surface area contributed by atoms with Crippen molar-refractivity contribution in [1.29, 1.82) is 0 Å². The van der Waals surface area contributed by atoms with Gasteiger partial charge in [0.05, 0.1) is 0 Å². The molecule has 1 aromatic rings. The van der Waals surface area contributed by atoms with Crippen molar-refractivity contribution >= 4 is 29.9 Å². The van der Waals surface area contributed by atoms with Crippen LogP contribution < -0.4 is 15.5 Å². The van der Waals surface area contributed by atoms with E-state index in [1.807, 2.05) is 12.1 Å². The summed E-state index contributed by atoms with van der Waals surface area (Å²) in [5, 5.41) is 6.40. The van der Waals surface area contributed by atoms with Gasteiger partial charge in [0.15, 0.2) is 0 Å². The molecule has 1 atom stereocenters. The lowest BCUT2D eigenvalue weighted by molar-refractivity contribution is -0.132. The number of carbonyl (C=O) groups excluding carboxylic acids is 2. The molecule has 150 valence electrons. The molecule has 2 aliphatic rings. The van der Waals surface area contributed by atoms with Crippen LogP contribution in [-0.2, 0) is 9.59 Å². The molecule has 2 amide bonds. The summed E-state index contributed by atoms with van der Waals surface area (Å²) in [6.07, 6.45) is 2.70. The van der Waals surface area contributed by atoms with Crippen LogP contribution in [0.5, 0.6) is 0 Å². The molecule has 0 aliphatic carbocycles. The Hall–Kier alpha value is -1.59. The second kappa shape index (κ2) is 9.07. The van der Waals surface area contributed by atoms with Crippen molar-refractivity contribution < 1.29 is 9.59 Å². The largest absolute Gasteiger partial charge is 0.355 e. The second-order valence-electron chi connectivity index (χ2n) is 8.36. The minimum atomic E-state index is -0.551. The lowest BCUT2D eigenvalue weighted by Gasteiger charge is -2.34. The van der Waals surface area contributed by atoms with Gasteiger partial charge in [0.1, 0.15) is 5.92 Å². The predicted molar refractivity (Wildman–Crippen MR) is 111 cm³/mol. The number of hydrogen-bond acceptors (Lipinski definition) is 3. The summed E-state index contributed by atoms with van der Waals surface area (Å²) in [4.78, 5) is 27.1. The van der Waals surface area contributed by atoms with Crippen LogP contribution in [0.4, 0.5) is 5.69 Å². The van der Waals surface area contributed by atoms with Crippen LogP contribution in [0.15, 0.2) is 24.3 Å². The first-order chi connectivity index (χ1) is 12.4. The summed E-state index contributed by atoms with van der Waals surface area (Å²) in [7, 11) is 0. The molecule has 1 aromatic carbocycles. The maximum Gasteiger partial charge on any atom is 0.239 e. The number of piperidine rings is 1. The highest BCUT2D eigenvalue weighted by molar-refractivity contribution is 6.09. The zero-order valence-electron chi connectivity index (χ0n) is 16.6. The average molecular weight is 394 g/mol. The van der Waals surface area contributed by atoms with Crippen LogP contribution in [-0.4, -0.2) is 38.0 Å². The fourth-order valence-electron chi connectivity index (χ4n) is 3.85. The molecule has 2 heterocycles. The van der Waals surface area contributed by atoms with E-state index < -0.39 is 5.92 Å². The topological polar surface area (TPSA) is 61.4 Å². The van der Waals surface area contributed by atoms with Gasteiger partial charge in [-0.3, -0.25) is 9.59 Å². The number of rotatable bonds is 5. The quantitative estimate of drug-likeness (QED) is 0.755. The summed E-state index contributed by atoms with van der Waals surface area (Å²) in [5.41, 5.74) is 2.28. The summed E-state index contributed by atoms with van der Waals surface area (Å²) in [6.45, 7) is 9.77. The lowest BCUT2D eigenvalue weighted by atomic mass is 9.81. The molecule has 2 saturated heterocycles. The smallest absolute Gasteiger partial charge is 0.239 e. The Labute approximate surface area is 168 Å². The van der Waals surface area contributed by atoms with Crippen LogP contribution in [0.1, 0.15) is 51.5 Å². The fourth-order valence-corrected chi connectivity index (χ4v) is 3.85. The predicted octanol–water partition coefficient (Wildman–Crippen LogP) is 3.09. The minimum Gasteiger partial charge on any atom is -0.355 e. The van der Waals surface area contributed by atoms with E-state index in [4.69, 9.17) is 0 Å². The Morgan fingerprint density at radius 3 is 2.48 bits per heavy atom. The Morgan fingerprint density at radius 2 is 1.89 bits per heavy atom. The number of nitrogens with zero attached hydrogens (tertiary/aromatic N) is 1. The highest BCUT2D eigenvalue weighted by Crippen LogP contribution is 2.29. The molecule has 0 aromatic heterocycles. The van der Waals surface area contributed by atoms with Gasteiger partial charge in [-0.15, -0.1) is 12.4 Å². The van der Waals surface area contributed by atoms with E-state index in [1.54, 1.807) is 4.90 Å². The number of halogens is 1. The van der Waals surface area contributed by atoms with E-state index in [1.165, 1.54) is 5.56 Å². The molecule has 1 unspecified atom stereocenters. The van der Waals surface area contributed by atoms with Gasteiger partial charge in [0.25, 0.3) is 0 Å². The summed E-state index contributed by atoms with van der Waals surface area (Å²) in [6, 6.07) is 8.12. The third-order valence-electron chi connectivity index (χ3n) is 5.89. The van der Waals surface area contributed by atoms with Crippen LogP contribution in [0.25, 0.3) is 0 Å². The lowest BCUT2D eigenvalue weighted by Crippen LogP contribution is -2.45.